The van der Waals surface area contributed by atoms with Gasteiger partial charge in [0.25, 0.3) is 0 Å². The lowest BCUT2D eigenvalue weighted by Crippen LogP contribution is -2.24. The summed E-state index contributed by atoms with van der Waals surface area (Å²) in [5.74, 6) is 0.264. The quantitative estimate of drug-likeness (QED) is 0.341. The second-order valence-electron chi connectivity index (χ2n) is 8.12. The van der Waals surface area contributed by atoms with E-state index in [9.17, 15) is 4.79 Å². The minimum atomic E-state index is 0.0999. The molecule has 0 saturated heterocycles. The van der Waals surface area contributed by atoms with E-state index in [1.807, 2.05) is 36.4 Å². The maximum Gasteiger partial charge on any atom is 0.220 e. The maximum absolute atomic E-state index is 12.9. The number of benzene rings is 3. The van der Waals surface area contributed by atoms with Crippen LogP contribution < -0.4 is 5.32 Å². The van der Waals surface area contributed by atoms with E-state index in [2.05, 4.69) is 65.9 Å². The average molecular weight is 411 g/mol. The Morgan fingerprint density at radius 3 is 2.32 bits per heavy atom. The first kappa shape index (κ1) is 20.9. The lowest BCUT2D eigenvalue weighted by atomic mass is 9.88. The van der Waals surface area contributed by atoms with E-state index in [4.69, 9.17) is 0 Å². The molecule has 1 amide bonds. The number of amides is 1. The molecule has 1 atom stereocenters. The normalized spacial score (nSPS) is 12.0. The Morgan fingerprint density at radius 1 is 0.903 bits per heavy atom. The van der Waals surface area contributed by atoms with E-state index in [1.165, 1.54) is 27.6 Å². The molecule has 2 N–H and O–H groups in total. The fraction of sp³-hybridized carbons (Fsp3) is 0.250. The van der Waals surface area contributed by atoms with Gasteiger partial charge >= 0.3 is 0 Å². The van der Waals surface area contributed by atoms with Crippen LogP contribution in [-0.2, 0) is 24.2 Å². The summed E-state index contributed by atoms with van der Waals surface area (Å²) in [6.07, 6.45) is 5.49. The van der Waals surface area contributed by atoms with Crippen molar-refractivity contribution in [2.75, 3.05) is 0 Å². The molecule has 158 valence electrons. The van der Waals surface area contributed by atoms with Crippen LogP contribution in [0.3, 0.4) is 0 Å². The van der Waals surface area contributed by atoms with Crippen LogP contribution in [0.15, 0.2) is 85.1 Å². The number of carbonyl (C=O) groups is 1. The highest BCUT2D eigenvalue weighted by Crippen LogP contribution is 2.33. The Hall–Kier alpha value is -3.33. The summed E-state index contributed by atoms with van der Waals surface area (Å²) in [5, 5.41) is 4.35. The number of fused-ring (bicyclic) bond motifs is 1. The standard InChI is InChI=1S/C28H30N2O/c1-2-23-14-9-15-25-26(20-30-28(23)25)24(17-16-21-10-5-3-6-11-21)18-27(31)29-19-22-12-7-4-8-13-22/h3-15,20,24,30H,2,16-19H2,1H3,(H,29,31). The van der Waals surface area contributed by atoms with Crippen molar-refractivity contribution in [1.29, 1.82) is 0 Å². The highest BCUT2D eigenvalue weighted by Gasteiger charge is 2.20. The van der Waals surface area contributed by atoms with Crippen LogP contribution in [0, 0.1) is 0 Å². The highest BCUT2D eigenvalue weighted by atomic mass is 16.1. The number of para-hydroxylation sites is 1. The largest absolute Gasteiger partial charge is 0.361 e. The fourth-order valence-electron chi connectivity index (χ4n) is 4.32. The van der Waals surface area contributed by atoms with Gasteiger partial charge in [0.2, 0.25) is 5.91 Å². The topological polar surface area (TPSA) is 44.9 Å². The fourth-order valence-corrected chi connectivity index (χ4v) is 4.32. The molecule has 0 fully saturated rings. The summed E-state index contributed by atoms with van der Waals surface area (Å²) in [7, 11) is 0. The minimum absolute atomic E-state index is 0.0999. The van der Waals surface area contributed by atoms with E-state index in [0.717, 1.165) is 24.8 Å². The Bertz CT molecular complexity index is 1120. The number of rotatable bonds is 9. The van der Waals surface area contributed by atoms with Crippen molar-refractivity contribution >= 4 is 16.8 Å². The number of aromatic amines is 1. The summed E-state index contributed by atoms with van der Waals surface area (Å²) in [6, 6.07) is 27.1. The highest BCUT2D eigenvalue weighted by molar-refractivity contribution is 5.87. The molecule has 1 heterocycles. The maximum atomic E-state index is 12.9. The Morgan fingerprint density at radius 2 is 1.61 bits per heavy atom. The van der Waals surface area contributed by atoms with Crippen LogP contribution in [0.25, 0.3) is 10.9 Å². The van der Waals surface area contributed by atoms with Gasteiger partial charge in [-0.25, -0.2) is 0 Å². The van der Waals surface area contributed by atoms with Crippen molar-refractivity contribution in [2.24, 2.45) is 0 Å². The molecule has 1 aromatic heterocycles. The predicted molar refractivity (Wildman–Crippen MR) is 128 cm³/mol. The van der Waals surface area contributed by atoms with Crippen LogP contribution in [0.1, 0.15) is 47.9 Å². The number of aryl methyl sites for hydroxylation is 2. The minimum Gasteiger partial charge on any atom is -0.361 e. The summed E-state index contributed by atoms with van der Waals surface area (Å²) in [5.41, 5.74) is 6.20. The number of nitrogens with one attached hydrogen (secondary N) is 2. The number of hydrogen-bond acceptors (Lipinski definition) is 1. The molecule has 3 heteroatoms. The van der Waals surface area contributed by atoms with Crippen molar-refractivity contribution in [3.8, 4) is 0 Å². The van der Waals surface area contributed by atoms with Gasteiger partial charge in [-0.05, 0) is 47.4 Å². The lowest BCUT2D eigenvalue weighted by Gasteiger charge is -2.17. The van der Waals surface area contributed by atoms with Gasteiger partial charge in [0.05, 0.1) is 0 Å². The van der Waals surface area contributed by atoms with E-state index in [-0.39, 0.29) is 11.8 Å². The number of H-pyrrole nitrogens is 1. The third kappa shape index (κ3) is 5.24. The first-order valence-corrected chi connectivity index (χ1v) is 11.2. The smallest absolute Gasteiger partial charge is 0.220 e. The van der Waals surface area contributed by atoms with E-state index in [0.29, 0.717) is 13.0 Å². The van der Waals surface area contributed by atoms with Crippen LogP contribution in [-0.4, -0.2) is 10.9 Å². The summed E-state index contributed by atoms with van der Waals surface area (Å²) in [6.45, 7) is 2.75. The van der Waals surface area contributed by atoms with E-state index in [1.54, 1.807) is 0 Å². The van der Waals surface area contributed by atoms with Gasteiger partial charge in [0.1, 0.15) is 0 Å². The van der Waals surface area contributed by atoms with E-state index >= 15 is 0 Å². The third-order valence-corrected chi connectivity index (χ3v) is 6.04. The van der Waals surface area contributed by atoms with Gasteiger partial charge in [-0.15, -0.1) is 0 Å². The van der Waals surface area contributed by atoms with Crippen LogP contribution in [0.4, 0.5) is 0 Å². The predicted octanol–water partition coefficient (Wildman–Crippen LogP) is 6.15. The second kappa shape index (κ2) is 10.1. The van der Waals surface area contributed by atoms with Gasteiger partial charge in [0, 0.05) is 30.1 Å². The second-order valence-corrected chi connectivity index (χ2v) is 8.12. The molecule has 3 nitrogen and oxygen atoms in total. The Kier molecular flexibility index (Phi) is 6.83. The monoisotopic (exact) mass is 410 g/mol. The molecule has 0 saturated carbocycles. The lowest BCUT2D eigenvalue weighted by molar-refractivity contribution is -0.121. The van der Waals surface area contributed by atoms with Crippen molar-refractivity contribution in [1.82, 2.24) is 10.3 Å². The first-order chi connectivity index (χ1) is 15.2. The zero-order valence-corrected chi connectivity index (χ0v) is 18.1. The molecule has 0 spiro atoms. The number of hydrogen-bond donors (Lipinski definition) is 2. The molecule has 3 aromatic carbocycles. The Labute approximate surface area is 184 Å². The van der Waals surface area contributed by atoms with Crippen molar-refractivity contribution in [2.45, 2.75) is 45.1 Å². The third-order valence-electron chi connectivity index (χ3n) is 6.04. The van der Waals surface area contributed by atoms with E-state index < -0.39 is 0 Å². The number of aromatic nitrogens is 1. The van der Waals surface area contributed by atoms with Gasteiger partial charge in [-0.2, -0.15) is 0 Å². The van der Waals surface area contributed by atoms with Crippen molar-refractivity contribution < 1.29 is 4.79 Å². The zero-order valence-electron chi connectivity index (χ0n) is 18.1. The van der Waals surface area contributed by atoms with Crippen LogP contribution in [0.2, 0.25) is 0 Å². The van der Waals surface area contributed by atoms with Crippen molar-refractivity contribution in [3.05, 3.63) is 107 Å². The molecule has 0 radical (unpaired) electrons. The average Bonchev–Trinajstić information content (AvgIpc) is 3.26. The molecular weight excluding hydrogens is 380 g/mol. The SMILES string of the molecule is CCc1cccc2c(C(CCc3ccccc3)CC(=O)NCc3ccccc3)c[nH]c12. The molecule has 31 heavy (non-hydrogen) atoms. The molecule has 0 aliphatic heterocycles. The van der Waals surface area contributed by atoms with Gasteiger partial charge < -0.3 is 10.3 Å². The first-order valence-electron chi connectivity index (χ1n) is 11.2. The van der Waals surface area contributed by atoms with Crippen LogP contribution >= 0.6 is 0 Å². The molecule has 1 unspecified atom stereocenters. The zero-order chi connectivity index (χ0) is 21.5. The molecule has 0 aliphatic rings. The van der Waals surface area contributed by atoms with Gasteiger partial charge in [0.15, 0.2) is 0 Å². The summed E-state index contributed by atoms with van der Waals surface area (Å²) < 4.78 is 0. The summed E-state index contributed by atoms with van der Waals surface area (Å²) >= 11 is 0. The van der Waals surface area contributed by atoms with Crippen molar-refractivity contribution in [3.63, 3.8) is 0 Å². The number of carbonyl (C=O) groups excluding carboxylic acids is 1. The molecule has 4 aromatic rings. The van der Waals surface area contributed by atoms with Crippen LogP contribution in [0.5, 0.6) is 0 Å². The molecule has 0 aliphatic carbocycles. The molecule has 0 bridgehead atoms. The van der Waals surface area contributed by atoms with Gasteiger partial charge in [-0.1, -0.05) is 85.8 Å². The molecular formula is C28H30N2O. The summed E-state index contributed by atoms with van der Waals surface area (Å²) in [4.78, 5) is 16.4. The Balaban J connectivity index is 1.53. The molecule has 4 rings (SSSR count). The van der Waals surface area contributed by atoms with Gasteiger partial charge in [-0.3, -0.25) is 4.79 Å².